The van der Waals surface area contributed by atoms with Gasteiger partial charge in [-0.05, 0) is 43.3 Å². The maximum absolute atomic E-state index is 3.65. The van der Waals surface area contributed by atoms with Crippen molar-refractivity contribution in [2.75, 3.05) is 0 Å². The van der Waals surface area contributed by atoms with Gasteiger partial charge in [0.25, 0.3) is 0 Å². The molecule has 2 atom stereocenters. The van der Waals surface area contributed by atoms with Crippen molar-refractivity contribution in [3.63, 3.8) is 0 Å². The van der Waals surface area contributed by atoms with E-state index in [1.165, 1.54) is 16.0 Å². The summed E-state index contributed by atoms with van der Waals surface area (Å²) in [5.74, 6) is 0. The molecule has 0 spiro atoms. The third-order valence-corrected chi connectivity index (χ3v) is 4.30. The topological polar surface area (TPSA) is 12.0 Å². The summed E-state index contributed by atoms with van der Waals surface area (Å²) in [5.41, 5.74) is 2.73. The molecule has 0 radical (unpaired) electrons. The molecule has 17 heavy (non-hydrogen) atoms. The smallest absolute Gasteiger partial charge is 0.0393 e. The highest BCUT2D eigenvalue weighted by Gasteiger charge is 2.13. The fourth-order valence-electron chi connectivity index (χ4n) is 2.12. The molecule has 1 aromatic heterocycles. The van der Waals surface area contributed by atoms with Gasteiger partial charge in [0.2, 0.25) is 0 Å². The highest BCUT2D eigenvalue weighted by molar-refractivity contribution is 7.10. The third-order valence-electron chi connectivity index (χ3n) is 3.09. The standard InChI is InChI=1S/C15H19NS/c1-11-9-10-17-15(11)13(3)16-12(2)14-7-5-4-6-8-14/h4-10,12-13,16H,1-3H3/t12-,13?/m1/s1. The van der Waals surface area contributed by atoms with Crippen LogP contribution in [0.5, 0.6) is 0 Å². The molecule has 0 aliphatic carbocycles. The Labute approximate surface area is 108 Å². The number of nitrogens with one attached hydrogen (secondary N) is 1. The Morgan fingerprint density at radius 2 is 1.71 bits per heavy atom. The predicted octanol–water partition coefficient (Wildman–Crippen LogP) is 4.47. The maximum Gasteiger partial charge on any atom is 0.0393 e. The van der Waals surface area contributed by atoms with Gasteiger partial charge in [-0.3, -0.25) is 0 Å². The van der Waals surface area contributed by atoms with Crippen LogP contribution in [0.25, 0.3) is 0 Å². The van der Waals surface area contributed by atoms with Gasteiger partial charge in [0, 0.05) is 17.0 Å². The van der Waals surface area contributed by atoms with E-state index in [2.05, 4.69) is 67.9 Å². The fraction of sp³-hybridized carbons (Fsp3) is 0.333. The van der Waals surface area contributed by atoms with E-state index in [0.717, 1.165) is 0 Å². The minimum atomic E-state index is 0.382. The second kappa shape index (κ2) is 5.48. The van der Waals surface area contributed by atoms with Gasteiger partial charge in [0.15, 0.2) is 0 Å². The molecule has 2 heteroatoms. The molecule has 0 aliphatic rings. The fourth-order valence-corrected chi connectivity index (χ4v) is 3.06. The molecule has 0 saturated carbocycles. The first-order valence-corrected chi connectivity index (χ1v) is 6.91. The van der Waals surface area contributed by atoms with Crippen molar-refractivity contribution in [1.29, 1.82) is 0 Å². The van der Waals surface area contributed by atoms with E-state index in [0.29, 0.717) is 12.1 Å². The molecule has 90 valence electrons. The Balaban J connectivity index is 2.05. The van der Waals surface area contributed by atoms with Crippen molar-refractivity contribution in [2.45, 2.75) is 32.9 Å². The zero-order valence-corrected chi connectivity index (χ0v) is 11.4. The van der Waals surface area contributed by atoms with Crippen molar-refractivity contribution in [3.05, 3.63) is 57.8 Å². The van der Waals surface area contributed by atoms with E-state index in [-0.39, 0.29) is 0 Å². The molecular formula is C15H19NS. The van der Waals surface area contributed by atoms with Crippen molar-refractivity contribution in [1.82, 2.24) is 5.32 Å². The molecule has 0 aliphatic heterocycles. The molecule has 1 unspecified atom stereocenters. The molecule has 0 bridgehead atoms. The Morgan fingerprint density at radius 1 is 1.00 bits per heavy atom. The Hall–Kier alpha value is -1.12. The molecule has 1 N–H and O–H groups in total. The van der Waals surface area contributed by atoms with Crippen LogP contribution in [0.4, 0.5) is 0 Å². The Morgan fingerprint density at radius 3 is 2.29 bits per heavy atom. The Kier molecular flexibility index (Phi) is 3.97. The lowest BCUT2D eigenvalue weighted by molar-refractivity contribution is 0.499. The van der Waals surface area contributed by atoms with Gasteiger partial charge in [-0.25, -0.2) is 0 Å². The van der Waals surface area contributed by atoms with Crippen LogP contribution < -0.4 is 5.32 Å². The molecular weight excluding hydrogens is 226 g/mol. The van der Waals surface area contributed by atoms with Gasteiger partial charge in [-0.2, -0.15) is 0 Å². The van der Waals surface area contributed by atoms with Crippen molar-refractivity contribution < 1.29 is 0 Å². The zero-order chi connectivity index (χ0) is 12.3. The van der Waals surface area contributed by atoms with Gasteiger partial charge in [-0.15, -0.1) is 11.3 Å². The van der Waals surface area contributed by atoms with Gasteiger partial charge in [-0.1, -0.05) is 30.3 Å². The number of benzene rings is 1. The Bertz CT molecular complexity index is 461. The van der Waals surface area contributed by atoms with Crippen molar-refractivity contribution >= 4 is 11.3 Å². The van der Waals surface area contributed by atoms with E-state index in [4.69, 9.17) is 0 Å². The average molecular weight is 245 g/mol. The molecule has 0 fully saturated rings. The molecule has 0 amide bonds. The molecule has 1 nitrogen and oxygen atoms in total. The number of hydrogen-bond donors (Lipinski definition) is 1. The van der Waals surface area contributed by atoms with E-state index in [1.807, 2.05) is 11.3 Å². The van der Waals surface area contributed by atoms with E-state index in [1.54, 1.807) is 0 Å². The van der Waals surface area contributed by atoms with Crippen LogP contribution in [-0.2, 0) is 0 Å². The lowest BCUT2D eigenvalue weighted by atomic mass is 10.1. The summed E-state index contributed by atoms with van der Waals surface area (Å²) in [5, 5.41) is 5.81. The monoisotopic (exact) mass is 245 g/mol. The molecule has 2 aromatic rings. The summed E-state index contributed by atoms with van der Waals surface area (Å²) < 4.78 is 0. The van der Waals surface area contributed by atoms with Gasteiger partial charge in [0.05, 0.1) is 0 Å². The van der Waals surface area contributed by atoms with Crippen molar-refractivity contribution in [2.24, 2.45) is 0 Å². The molecule has 0 saturated heterocycles. The first kappa shape index (κ1) is 12.3. The van der Waals surface area contributed by atoms with Crippen LogP contribution >= 0.6 is 11.3 Å². The minimum absolute atomic E-state index is 0.382. The number of hydrogen-bond acceptors (Lipinski definition) is 2. The van der Waals surface area contributed by atoms with Crippen LogP contribution in [0.1, 0.15) is 41.9 Å². The van der Waals surface area contributed by atoms with E-state index >= 15 is 0 Å². The summed E-state index contributed by atoms with van der Waals surface area (Å²) in [6.07, 6.45) is 0. The summed E-state index contributed by atoms with van der Waals surface area (Å²) in [7, 11) is 0. The second-order valence-electron chi connectivity index (χ2n) is 4.49. The summed E-state index contributed by atoms with van der Waals surface area (Å²) in [6.45, 7) is 6.63. The van der Waals surface area contributed by atoms with Crippen LogP contribution in [0.3, 0.4) is 0 Å². The first-order valence-electron chi connectivity index (χ1n) is 6.03. The normalized spacial score (nSPS) is 14.5. The predicted molar refractivity (Wildman–Crippen MR) is 75.5 cm³/mol. The number of thiophene rings is 1. The lowest BCUT2D eigenvalue weighted by Gasteiger charge is -2.20. The lowest BCUT2D eigenvalue weighted by Crippen LogP contribution is -2.22. The highest BCUT2D eigenvalue weighted by atomic mass is 32.1. The summed E-state index contributed by atoms with van der Waals surface area (Å²) in [6, 6.07) is 13.6. The van der Waals surface area contributed by atoms with E-state index in [9.17, 15) is 0 Å². The largest absolute Gasteiger partial charge is 0.303 e. The number of aryl methyl sites for hydroxylation is 1. The van der Waals surface area contributed by atoms with Crippen LogP contribution in [0.2, 0.25) is 0 Å². The molecule has 1 aromatic carbocycles. The third kappa shape index (κ3) is 2.96. The maximum atomic E-state index is 3.65. The van der Waals surface area contributed by atoms with Gasteiger partial charge in [0.1, 0.15) is 0 Å². The van der Waals surface area contributed by atoms with Gasteiger partial charge < -0.3 is 5.32 Å². The molecule has 2 rings (SSSR count). The van der Waals surface area contributed by atoms with E-state index < -0.39 is 0 Å². The summed E-state index contributed by atoms with van der Waals surface area (Å²) >= 11 is 1.83. The summed E-state index contributed by atoms with van der Waals surface area (Å²) in [4.78, 5) is 1.44. The SMILES string of the molecule is Cc1ccsc1C(C)N[C@H](C)c1ccccc1. The van der Waals surface area contributed by atoms with Crippen molar-refractivity contribution in [3.8, 4) is 0 Å². The highest BCUT2D eigenvalue weighted by Crippen LogP contribution is 2.26. The minimum Gasteiger partial charge on any atom is -0.303 e. The quantitative estimate of drug-likeness (QED) is 0.838. The number of rotatable bonds is 4. The zero-order valence-electron chi connectivity index (χ0n) is 10.6. The van der Waals surface area contributed by atoms with Crippen LogP contribution in [-0.4, -0.2) is 0 Å². The second-order valence-corrected chi connectivity index (χ2v) is 5.44. The van der Waals surface area contributed by atoms with Crippen LogP contribution in [0.15, 0.2) is 41.8 Å². The van der Waals surface area contributed by atoms with Crippen LogP contribution in [0, 0.1) is 6.92 Å². The average Bonchev–Trinajstić information content (AvgIpc) is 2.76. The first-order chi connectivity index (χ1) is 8.18. The molecule has 1 heterocycles. The van der Waals surface area contributed by atoms with Gasteiger partial charge >= 0.3 is 0 Å².